The van der Waals surface area contributed by atoms with E-state index in [4.69, 9.17) is 0 Å². The van der Waals surface area contributed by atoms with Crippen LogP contribution in [0.15, 0.2) is 30.9 Å². The van der Waals surface area contributed by atoms with E-state index in [2.05, 4.69) is 32.6 Å². The van der Waals surface area contributed by atoms with Crippen LogP contribution >= 0.6 is 11.3 Å². The molecule has 0 fully saturated rings. The van der Waals surface area contributed by atoms with Crippen LogP contribution in [0.3, 0.4) is 0 Å². The van der Waals surface area contributed by atoms with Gasteiger partial charge in [0.2, 0.25) is 0 Å². The smallest absolute Gasteiger partial charge is 0.00521 e. The topological polar surface area (TPSA) is 0 Å². The van der Waals surface area contributed by atoms with E-state index < -0.39 is 0 Å². The van der Waals surface area contributed by atoms with E-state index in [0.717, 1.165) is 6.42 Å². The molecule has 0 aliphatic rings. The maximum absolute atomic E-state index is 3.64. The van der Waals surface area contributed by atoms with E-state index >= 15 is 0 Å². The van der Waals surface area contributed by atoms with Gasteiger partial charge in [0.05, 0.1) is 0 Å². The molecule has 0 atom stereocenters. The standard InChI is InChI=1S/C11H14S/c1-4-5-6-7-11-8-9(2)12-10(11)3/h4-6,8H,1,7H2,2-3H3. The van der Waals surface area contributed by atoms with Gasteiger partial charge in [-0.15, -0.1) is 11.3 Å². The van der Waals surface area contributed by atoms with Crippen molar-refractivity contribution in [3.63, 3.8) is 0 Å². The summed E-state index contributed by atoms with van der Waals surface area (Å²) in [6.07, 6.45) is 6.98. The first-order valence-corrected chi connectivity index (χ1v) is 4.89. The van der Waals surface area contributed by atoms with Gasteiger partial charge in [-0.25, -0.2) is 0 Å². The van der Waals surface area contributed by atoms with Crippen LogP contribution in [0.5, 0.6) is 0 Å². The van der Waals surface area contributed by atoms with Crippen molar-refractivity contribution in [3.8, 4) is 0 Å². The first kappa shape index (κ1) is 9.27. The summed E-state index contributed by atoms with van der Waals surface area (Å²) in [5, 5.41) is 0. The maximum Gasteiger partial charge on any atom is 0.00521 e. The lowest BCUT2D eigenvalue weighted by molar-refractivity contribution is 1.25. The summed E-state index contributed by atoms with van der Waals surface area (Å²) in [6, 6.07) is 2.26. The zero-order chi connectivity index (χ0) is 8.97. The average molecular weight is 178 g/mol. The molecule has 0 saturated heterocycles. The predicted molar refractivity (Wildman–Crippen MR) is 56.8 cm³/mol. The van der Waals surface area contributed by atoms with Crippen molar-refractivity contribution in [2.75, 3.05) is 0 Å². The Labute approximate surface area is 78.2 Å². The molecule has 1 heterocycles. The monoisotopic (exact) mass is 178 g/mol. The molecule has 0 N–H and O–H groups in total. The molecule has 64 valence electrons. The minimum Gasteiger partial charge on any atom is -0.146 e. The Bertz CT molecular complexity index is 292. The summed E-state index contributed by atoms with van der Waals surface area (Å²) in [6.45, 7) is 7.96. The van der Waals surface area contributed by atoms with Crippen molar-refractivity contribution in [1.82, 2.24) is 0 Å². The lowest BCUT2D eigenvalue weighted by atomic mass is 10.2. The summed E-state index contributed by atoms with van der Waals surface area (Å²) < 4.78 is 0. The molecule has 0 radical (unpaired) electrons. The zero-order valence-corrected chi connectivity index (χ0v) is 8.45. The summed E-state index contributed by atoms with van der Waals surface area (Å²) >= 11 is 1.87. The fourth-order valence-electron chi connectivity index (χ4n) is 1.18. The van der Waals surface area contributed by atoms with Crippen molar-refractivity contribution < 1.29 is 0 Å². The summed E-state index contributed by atoms with van der Waals surface area (Å²) in [4.78, 5) is 2.83. The lowest BCUT2D eigenvalue weighted by Crippen LogP contribution is -1.77. The molecule has 0 nitrogen and oxygen atoms in total. The first-order valence-electron chi connectivity index (χ1n) is 4.07. The van der Waals surface area contributed by atoms with Gasteiger partial charge in [-0.1, -0.05) is 24.8 Å². The molecule has 0 unspecified atom stereocenters. The Hall–Kier alpha value is -0.820. The highest BCUT2D eigenvalue weighted by Crippen LogP contribution is 2.20. The molecular formula is C11H14S. The van der Waals surface area contributed by atoms with Gasteiger partial charge < -0.3 is 0 Å². The third kappa shape index (κ3) is 2.35. The second-order valence-corrected chi connectivity index (χ2v) is 4.27. The van der Waals surface area contributed by atoms with E-state index in [1.54, 1.807) is 0 Å². The molecule has 0 aliphatic carbocycles. The Morgan fingerprint density at radius 2 is 2.25 bits per heavy atom. The molecule has 12 heavy (non-hydrogen) atoms. The molecule has 0 amide bonds. The summed E-state index contributed by atoms with van der Waals surface area (Å²) in [5.74, 6) is 0. The van der Waals surface area contributed by atoms with Crippen LogP contribution in [0, 0.1) is 13.8 Å². The largest absolute Gasteiger partial charge is 0.146 e. The molecule has 0 spiro atoms. The van der Waals surface area contributed by atoms with Crippen molar-refractivity contribution >= 4 is 11.3 Å². The molecule has 0 aliphatic heterocycles. The quantitative estimate of drug-likeness (QED) is 0.620. The van der Waals surface area contributed by atoms with E-state index in [1.807, 2.05) is 23.5 Å². The van der Waals surface area contributed by atoms with Crippen molar-refractivity contribution in [2.24, 2.45) is 0 Å². The van der Waals surface area contributed by atoms with E-state index in [-0.39, 0.29) is 0 Å². The molecule has 0 aromatic carbocycles. The van der Waals surface area contributed by atoms with Crippen molar-refractivity contribution in [3.05, 3.63) is 46.2 Å². The van der Waals surface area contributed by atoms with E-state index in [0.29, 0.717) is 0 Å². The van der Waals surface area contributed by atoms with Crippen LogP contribution in [0.1, 0.15) is 15.3 Å². The molecule has 0 saturated carbocycles. The molecule has 1 rings (SSSR count). The molecule has 1 aromatic heterocycles. The molecular weight excluding hydrogens is 164 g/mol. The van der Waals surface area contributed by atoms with Crippen LogP contribution < -0.4 is 0 Å². The number of aryl methyl sites for hydroxylation is 2. The molecule has 1 aromatic rings. The van der Waals surface area contributed by atoms with Gasteiger partial charge >= 0.3 is 0 Å². The van der Waals surface area contributed by atoms with Gasteiger partial charge in [-0.2, -0.15) is 0 Å². The fourth-order valence-corrected chi connectivity index (χ4v) is 2.13. The van der Waals surface area contributed by atoms with E-state index in [9.17, 15) is 0 Å². The van der Waals surface area contributed by atoms with E-state index in [1.165, 1.54) is 15.3 Å². The molecule has 0 bridgehead atoms. The zero-order valence-electron chi connectivity index (χ0n) is 7.63. The van der Waals surface area contributed by atoms with Crippen LogP contribution in [-0.4, -0.2) is 0 Å². The van der Waals surface area contributed by atoms with Gasteiger partial charge in [0.15, 0.2) is 0 Å². The van der Waals surface area contributed by atoms with Crippen LogP contribution in [0.2, 0.25) is 0 Å². The highest BCUT2D eigenvalue weighted by atomic mass is 32.1. The number of allylic oxidation sites excluding steroid dienone is 3. The maximum atomic E-state index is 3.64. The van der Waals surface area contributed by atoms with Crippen LogP contribution in [0.4, 0.5) is 0 Å². The number of hydrogen-bond acceptors (Lipinski definition) is 1. The lowest BCUT2D eigenvalue weighted by Gasteiger charge is -1.90. The van der Waals surface area contributed by atoms with Crippen LogP contribution in [-0.2, 0) is 6.42 Å². The van der Waals surface area contributed by atoms with Gasteiger partial charge in [0.1, 0.15) is 0 Å². The third-order valence-electron chi connectivity index (χ3n) is 1.75. The Morgan fingerprint density at radius 1 is 1.50 bits per heavy atom. The third-order valence-corrected chi connectivity index (χ3v) is 2.76. The fraction of sp³-hybridized carbons (Fsp3) is 0.273. The van der Waals surface area contributed by atoms with Gasteiger partial charge in [-0.05, 0) is 31.9 Å². The summed E-state index contributed by atoms with van der Waals surface area (Å²) in [5.41, 5.74) is 1.44. The van der Waals surface area contributed by atoms with Gasteiger partial charge in [-0.3, -0.25) is 0 Å². The summed E-state index contributed by atoms with van der Waals surface area (Å²) in [7, 11) is 0. The predicted octanol–water partition coefficient (Wildman–Crippen LogP) is 3.65. The van der Waals surface area contributed by atoms with Crippen LogP contribution in [0.25, 0.3) is 0 Å². The van der Waals surface area contributed by atoms with Gasteiger partial charge in [0.25, 0.3) is 0 Å². The Kier molecular flexibility index (Phi) is 3.30. The normalized spacial score (nSPS) is 10.8. The SMILES string of the molecule is C=CC=CCc1cc(C)sc1C. The number of hydrogen-bond donors (Lipinski definition) is 0. The van der Waals surface area contributed by atoms with Crippen molar-refractivity contribution in [2.45, 2.75) is 20.3 Å². The minimum atomic E-state index is 1.03. The highest BCUT2D eigenvalue weighted by molar-refractivity contribution is 7.12. The number of rotatable bonds is 3. The second kappa shape index (κ2) is 4.27. The Morgan fingerprint density at radius 3 is 2.75 bits per heavy atom. The minimum absolute atomic E-state index is 1.03. The highest BCUT2D eigenvalue weighted by Gasteiger charge is 1.99. The van der Waals surface area contributed by atoms with Crippen molar-refractivity contribution in [1.29, 1.82) is 0 Å². The first-order chi connectivity index (χ1) is 5.74. The number of thiophene rings is 1. The Balaban J connectivity index is 2.68. The second-order valence-electron chi connectivity index (χ2n) is 2.81. The molecule has 1 heteroatoms. The van der Waals surface area contributed by atoms with Gasteiger partial charge in [0, 0.05) is 9.75 Å². The average Bonchev–Trinajstić information content (AvgIpc) is 2.31.